The Morgan fingerprint density at radius 3 is 2.67 bits per heavy atom. The Labute approximate surface area is 144 Å². The Bertz CT molecular complexity index is 591. The number of aryl methyl sites for hydroxylation is 1. The van der Waals surface area contributed by atoms with Crippen LogP contribution in [0.15, 0.2) is 54.6 Å². The lowest BCUT2D eigenvalue weighted by Crippen LogP contribution is -2.25. The molecule has 1 aliphatic heterocycles. The van der Waals surface area contributed by atoms with E-state index < -0.39 is 0 Å². The van der Waals surface area contributed by atoms with E-state index in [0.29, 0.717) is 6.61 Å². The Balaban J connectivity index is 1.45. The highest BCUT2D eigenvalue weighted by molar-refractivity contribution is 5.33. The molecule has 0 N–H and O–H groups in total. The molecule has 3 heteroatoms. The third-order valence-corrected chi connectivity index (χ3v) is 4.27. The SMILES string of the molecule is c1ccc(COc2ccccc2CCCOC2CCCOC2)cc1. The van der Waals surface area contributed by atoms with E-state index in [4.69, 9.17) is 14.2 Å². The molecule has 2 aromatic rings. The van der Waals surface area contributed by atoms with Crippen LogP contribution in [-0.4, -0.2) is 25.9 Å². The van der Waals surface area contributed by atoms with E-state index in [2.05, 4.69) is 24.3 Å². The van der Waals surface area contributed by atoms with Crippen molar-refractivity contribution in [3.05, 3.63) is 65.7 Å². The first-order chi connectivity index (χ1) is 11.9. The van der Waals surface area contributed by atoms with Crippen molar-refractivity contribution in [3.8, 4) is 5.75 Å². The maximum absolute atomic E-state index is 6.01. The molecule has 3 nitrogen and oxygen atoms in total. The minimum Gasteiger partial charge on any atom is -0.489 e. The van der Waals surface area contributed by atoms with Crippen molar-refractivity contribution in [2.45, 2.75) is 38.4 Å². The molecule has 0 bridgehead atoms. The van der Waals surface area contributed by atoms with E-state index in [1.54, 1.807) is 0 Å². The quantitative estimate of drug-likeness (QED) is 0.673. The minimum absolute atomic E-state index is 0.281. The van der Waals surface area contributed by atoms with Gasteiger partial charge in [-0.2, -0.15) is 0 Å². The average Bonchev–Trinajstić information content (AvgIpc) is 2.66. The van der Waals surface area contributed by atoms with Crippen LogP contribution >= 0.6 is 0 Å². The van der Waals surface area contributed by atoms with E-state index in [1.165, 1.54) is 11.1 Å². The number of benzene rings is 2. The largest absolute Gasteiger partial charge is 0.489 e. The molecular weight excluding hydrogens is 300 g/mol. The molecule has 0 spiro atoms. The summed E-state index contributed by atoms with van der Waals surface area (Å²) in [5, 5.41) is 0. The van der Waals surface area contributed by atoms with E-state index in [0.717, 1.165) is 51.3 Å². The standard InChI is InChI=1S/C21H26O3/c1-2-8-18(9-3-1)16-24-21-13-5-4-10-19(21)11-6-15-23-20-12-7-14-22-17-20/h1-5,8-10,13,20H,6-7,11-12,14-17H2. The zero-order chi connectivity index (χ0) is 16.5. The van der Waals surface area contributed by atoms with Crippen molar-refractivity contribution in [2.75, 3.05) is 19.8 Å². The van der Waals surface area contributed by atoms with Gasteiger partial charge in [0.15, 0.2) is 0 Å². The Hall–Kier alpha value is -1.84. The molecule has 1 atom stereocenters. The summed E-state index contributed by atoms with van der Waals surface area (Å²) in [6, 6.07) is 18.6. The van der Waals surface area contributed by atoms with E-state index in [9.17, 15) is 0 Å². The first-order valence-corrected chi connectivity index (χ1v) is 8.86. The van der Waals surface area contributed by atoms with Crippen molar-refractivity contribution in [1.29, 1.82) is 0 Å². The summed E-state index contributed by atoms with van der Waals surface area (Å²) in [5.74, 6) is 0.974. The highest BCUT2D eigenvalue weighted by Crippen LogP contribution is 2.21. The van der Waals surface area contributed by atoms with Crippen molar-refractivity contribution in [1.82, 2.24) is 0 Å². The molecular formula is C21H26O3. The van der Waals surface area contributed by atoms with E-state index in [1.807, 2.05) is 30.3 Å². The van der Waals surface area contributed by atoms with Gasteiger partial charge >= 0.3 is 0 Å². The molecule has 3 rings (SSSR count). The summed E-state index contributed by atoms with van der Waals surface area (Å²) in [4.78, 5) is 0. The predicted octanol–water partition coefficient (Wildman–Crippen LogP) is 4.39. The first kappa shape index (κ1) is 17.0. The van der Waals surface area contributed by atoms with Gasteiger partial charge in [-0.15, -0.1) is 0 Å². The van der Waals surface area contributed by atoms with Crippen molar-refractivity contribution >= 4 is 0 Å². The minimum atomic E-state index is 0.281. The lowest BCUT2D eigenvalue weighted by molar-refractivity contribution is -0.0503. The number of hydrogen-bond donors (Lipinski definition) is 0. The van der Waals surface area contributed by atoms with Gasteiger partial charge < -0.3 is 14.2 Å². The fraction of sp³-hybridized carbons (Fsp3) is 0.429. The molecule has 1 unspecified atom stereocenters. The maximum atomic E-state index is 6.01. The second-order valence-electron chi connectivity index (χ2n) is 6.20. The normalized spacial score (nSPS) is 17.6. The van der Waals surface area contributed by atoms with Gasteiger partial charge in [-0.25, -0.2) is 0 Å². The second-order valence-corrected chi connectivity index (χ2v) is 6.20. The summed E-state index contributed by atoms with van der Waals surface area (Å²) in [6.45, 7) is 3.01. The predicted molar refractivity (Wildman–Crippen MR) is 95.3 cm³/mol. The van der Waals surface area contributed by atoms with E-state index >= 15 is 0 Å². The van der Waals surface area contributed by atoms with Crippen LogP contribution in [0.25, 0.3) is 0 Å². The van der Waals surface area contributed by atoms with Gasteiger partial charge in [-0.05, 0) is 42.9 Å². The monoisotopic (exact) mass is 326 g/mol. The summed E-state index contributed by atoms with van der Waals surface area (Å²) in [6.07, 6.45) is 4.49. The fourth-order valence-electron chi connectivity index (χ4n) is 2.94. The van der Waals surface area contributed by atoms with Crippen LogP contribution < -0.4 is 4.74 Å². The summed E-state index contributed by atoms with van der Waals surface area (Å²) in [7, 11) is 0. The lowest BCUT2D eigenvalue weighted by Gasteiger charge is -2.22. The van der Waals surface area contributed by atoms with Crippen LogP contribution in [0, 0.1) is 0 Å². The second kappa shape index (κ2) is 9.45. The van der Waals surface area contributed by atoms with Gasteiger partial charge in [0.1, 0.15) is 12.4 Å². The van der Waals surface area contributed by atoms with Gasteiger partial charge in [0.25, 0.3) is 0 Å². The number of rotatable bonds is 8. The molecule has 24 heavy (non-hydrogen) atoms. The molecule has 0 amide bonds. The Morgan fingerprint density at radius 1 is 1.00 bits per heavy atom. The van der Waals surface area contributed by atoms with Crippen molar-refractivity contribution in [2.24, 2.45) is 0 Å². The van der Waals surface area contributed by atoms with Gasteiger partial charge in [-0.1, -0.05) is 48.5 Å². The third-order valence-electron chi connectivity index (χ3n) is 4.27. The number of para-hydroxylation sites is 1. The van der Waals surface area contributed by atoms with Crippen LogP contribution in [0.1, 0.15) is 30.4 Å². The highest BCUT2D eigenvalue weighted by atomic mass is 16.5. The summed E-state index contributed by atoms with van der Waals surface area (Å²) >= 11 is 0. The third kappa shape index (κ3) is 5.36. The van der Waals surface area contributed by atoms with Gasteiger partial charge in [-0.3, -0.25) is 0 Å². The van der Waals surface area contributed by atoms with Crippen LogP contribution in [0.3, 0.4) is 0 Å². The maximum Gasteiger partial charge on any atom is 0.122 e. The fourth-order valence-corrected chi connectivity index (χ4v) is 2.94. The zero-order valence-corrected chi connectivity index (χ0v) is 14.2. The molecule has 0 saturated carbocycles. The van der Waals surface area contributed by atoms with Crippen LogP contribution in [0.4, 0.5) is 0 Å². The zero-order valence-electron chi connectivity index (χ0n) is 14.2. The van der Waals surface area contributed by atoms with Crippen molar-refractivity contribution < 1.29 is 14.2 Å². The Morgan fingerprint density at radius 2 is 1.83 bits per heavy atom. The number of ether oxygens (including phenoxy) is 3. The highest BCUT2D eigenvalue weighted by Gasteiger charge is 2.13. The molecule has 0 radical (unpaired) electrons. The van der Waals surface area contributed by atoms with Crippen LogP contribution in [0.5, 0.6) is 5.75 Å². The molecule has 0 aliphatic carbocycles. The topological polar surface area (TPSA) is 27.7 Å². The number of hydrogen-bond acceptors (Lipinski definition) is 3. The lowest BCUT2D eigenvalue weighted by atomic mass is 10.1. The van der Waals surface area contributed by atoms with Crippen molar-refractivity contribution in [3.63, 3.8) is 0 Å². The molecule has 0 aromatic heterocycles. The average molecular weight is 326 g/mol. The van der Waals surface area contributed by atoms with E-state index in [-0.39, 0.29) is 6.10 Å². The van der Waals surface area contributed by atoms with Crippen LogP contribution in [-0.2, 0) is 22.5 Å². The summed E-state index contributed by atoms with van der Waals surface area (Å²) < 4.78 is 17.4. The van der Waals surface area contributed by atoms with Gasteiger partial charge in [0.2, 0.25) is 0 Å². The molecule has 1 saturated heterocycles. The summed E-state index contributed by atoms with van der Waals surface area (Å²) in [5.41, 5.74) is 2.44. The van der Waals surface area contributed by atoms with Crippen LogP contribution in [0.2, 0.25) is 0 Å². The molecule has 1 heterocycles. The smallest absolute Gasteiger partial charge is 0.122 e. The molecule has 1 aliphatic rings. The molecule has 1 fully saturated rings. The van der Waals surface area contributed by atoms with Gasteiger partial charge in [0, 0.05) is 13.2 Å². The first-order valence-electron chi connectivity index (χ1n) is 8.86. The molecule has 128 valence electrons. The Kier molecular flexibility index (Phi) is 6.70. The molecule has 2 aromatic carbocycles. The van der Waals surface area contributed by atoms with Gasteiger partial charge in [0.05, 0.1) is 12.7 Å².